The minimum absolute atomic E-state index is 0.141. The number of nitrogens with zero attached hydrogens (tertiary/aromatic N) is 1. The number of hydrogen-bond donors (Lipinski definition) is 1. The van der Waals surface area contributed by atoms with Crippen LogP contribution in [0.1, 0.15) is 63.0 Å². The monoisotopic (exact) mass is 386 g/mol. The summed E-state index contributed by atoms with van der Waals surface area (Å²) in [6.45, 7) is 4.42. The van der Waals surface area contributed by atoms with Gasteiger partial charge >= 0.3 is 0 Å². The Balaban J connectivity index is 1.56. The van der Waals surface area contributed by atoms with E-state index in [2.05, 4.69) is 48.4 Å². The highest BCUT2D eigenvalue weighted by Crippen LogP contribution is 2.40. The second kappa shape index (κ2) is 8.36. The number of benzene rings is 2. The van der Waals surface area contributed by atoms with Gasteiger partial charge < -0.3 is 5.32 Å². The number of pyridine rings is 1. The summed E-state index contributed by atoms with van der Waals surface area (Å²) in [5.41, 5.74) is 4.00. The van der Waals surface area contributed by atoms with E-state index in [1.54, 1.807) is 6.20 Å². The highest BCUT2D eigenvalue weighted by atomic mass is 16.2. The molecule has 0 aliphatic heterocycles. The molecular formula is C26H30N2O. The molecule has 1 aromatic heterocycles. The van der Waals surface area contributed by atoms with Crippen LogP contribution in [0.5, 0.6) is 0 Å². The molecule has 3 heteroatoms. The van der Waals surface area contributed by atoms with E-state index in [-0.39, 0.29) is 11.3 Å². The van der Waals surface area contributed by atoms with Crippen molar-refractivity contribution in [1.29, 1.82) is 0 Å². The van der Waals surface area contributed by atoms with E-state index < -0.39 is 0 Å². The maximum atomic E-state index is 13.5. The average Bonchev–Trinajstić information content (AvgIpc) is 2.74. The van der Waals surface area contributed by atoms with E-state index in [0.29, 0.717) is 5.92 Å². The summed E-state index contributed by atoms with van der Waals surface area (Å²) in [7, 11) is 0. The van der Waals surface area contributed by atoms with Crippen LogP contribution in [0.25, 0.3) is 10.9 Å². The zero-order valence-corrected chi connectivity index (χ0v) is 17.4. The lowest BCUT2D eigenvalue weighted by molar-refractivity contribution is -0.127. The van der Waals surface area contributed by atoms with Crippen LogP contribution in [0.15, 0.2) is 60.8 Å². The van der Waals surface area contributed by atoms with Crippen molar-refractivity contribution in [2.24, 2.45) is 5.41 Å². The fraction of sp³-hybridized carbons (Fsp3) is 0.385. The van der Waals surface area contributed by atoms with Crippen LogP contribution < -0.4 is 5.32 Å². The molecule has 150 valence electrons. The summed E-state index contributed by atoms with van der Waals surface area (Å²) < 4.78 is 0. The zero-order chi connectivity index (χ0) is 20.3. The number of rotatable bonds is 5. The van der Waals surface area contributed by atoms with Crippen molar-refractivity contribution in [2.75, 3.05) is 5.32 Å². The SMILES string of the molecule is CC(C)c1ccc(CC2(C(=O)Nc3cnc4ccccc4c3)CCCCC2)cc1. The van der Waals surface area contributed by atoms with Gasteiger partial charge in [-0.3, -0.25) is 9.78 Å². The van der Waals surface area contributed by atoms with Gasteiger partial charge in [0.05, 0.1) is 22.8 Å². The van der Waals surface area contributed by atoms with Crippen molar-refractivity contribution in [3.63, 3.8) is 0 Å². The molecule has 0 unspecified atom stereocenters. The van der Waals surface area contributed by atoms with Gasteiger partial charge in [-0.15, -0.1) is 0 Å². The molecule has 0 bridgehead atoms. The van der Waals surface area contributed by atoms with Gasteiger partial charge in [-0.05, 0) is 48.4 Å². The van der Waals surface area contributed by atoms with Gasteiger partial charge in [0.1, 0.15) is 0 Å². The van der Waals surface area contributed by atoms with E-state index in [9.17, 15) is 4.79 Å². The Bertz CT molecular complexity index is 985. The van der Waals surface area contributed by atoms with Crippen LogP contribution in [0.3, 0.4) is 0 Å². The van der Waals surface area contributed by atoms with E-state index in [0.717, 1.165) is 48.7 Å². The topological polar surface area (TPSA) is 42.0 Å². The lowest BCUT2D eigenvalue weighted by Crippen LogP contribution is -2.40. The predicted molar refractivity (Wildman–Crippen MR) is 120 cm³/mol. The summed E-state index contributed by atoms with van der Waals surface area (Å²) in [5, 5.41) is 4.24. The molecule has 0 atom stereocenters. The Morgan fingerprint density at radius 1 is 1.03 bits per heavy atom. The second-order valence-corrected chi connectivity index (χ2v) is 8.78. The summed E-state index contributed by atoms with van der Waals surface area (Å²) >= 11 is 0. The summed E-state index contributed by atoms with van der Waals surface area (Å²) in [5.74, 6) is 0.665. The molecule has 0 radical (unpaired) electrons. The third kappa shape index (κ3) is 4.34. The zero-order valence-electron chi connectivity index (χ0n) is 17.4. The van der Waals surface area contributed by atoms with Crippen LogP contribution >= 0.6 is 0 Å². The van der Waals surface area contributed by atoms with Crippen LogP contribution in [-0.4, -0.2) is 10.9 Å². The molecule has 1 heterocycles. The Labute approximate surface area is 173 Å². The van der Waals surface area contributed by atoms with Crippen LogP contribution in [0, 0.1) is 5.41 Å². The maximum Gasteiger partial charge on any atom is 0.230 e. The van der Waals surface area contributed by atoms with Gasteiger partial charge in [-0.2, -0.15) is 0 Å². The van der Waals surface area contributed by atoms with Gasteiger partial charge in [0, 0.05) is 5.39 Å². The van der Waals surface area contributed by atoms with E-state index in [1.807, 2.05) is 30.3 Å². The fourth-order valence-electron chi connectivity index (χ4n) is 4.53. The predicted octanol–water partition coefficient (Wildman–Crippen LogP) is 6.49. The van der Waals surface area contributed by atoms with Crippen molar-refractivity contribution >= 4 is 22.5 Å². The molecule has 3 aromatic rings. The molecule has 0 saturated heterocycles. The molecule has 29 heavy (non-hydrogen) atoms. The molecule has 1 aliphatic carbocycles. The van der Waals surface area contributed by atoms with E-state index in [4.69, 9.17) is 0 Å². The normalized spacial score (nSPS) is 16.1. The van der Waals surface area contributed by atoms with Crippen LogP contribution in [0.4, 0.5) is 5.69 Å². The molecule has 2 aromatic carbocycles. The Kier molecular flexibility index (Phi) is 5.66. The lowest BCUT2D eigenvalue weighted by atomic mass is 9.69. The second-order valence-electron chi connectivity index (χ2n) is 8.78. The third-order valence-corrected chi connectivity index (χ3v) is 6.33. The third-order valence-electron chi connectivity index (χ3n) is 6.33. The number of carbonyl (C=O) groups is 1. The Hall–Kier alpha value is -2.68. The molecule has 1 saturated carbocycles. The van der Waals surface area contributed by atoms with Gasteiger partial charge in [0.15, 0.2) is 0 Å². The van der Waals surface area contributed by atoms with Crippen LogP contribution in [0.2, 0.25) is 0 Å². The molecular weight excluding hydrogens is 356 g/mol. The van der Waals surface area contributed by atoms with E-state index in [1.165, 1.54) is 17.5 Å². The molecule has 1 fully saturated rings. The number of anilines is 1. The van der Waals surface area contributed by atoms with Crippen molar-refractivity contribution in [3.8, 4) is 0 Å². The van der Waals surface area contributed by atoms with Crippen molar-refractivity contribution < 1.29 is 4.79 Å². The van der Waals surface area contributed by atoms with Crippen molar-refractivity contribution in [3.05, 3.63) is 71.9 Å². The first-order chi connectivity index (χ1) is 14.1. The number of fused-ring (bicyclic) bond motifs is 1. The highest BCUT2D eigenvalue weighted by molar-refractivity contribution is 5.97. The van der Waals surface area contributed by atoms with Gasteiger partial charge in [0.2, 0.25) is 5.91 Å². The van der Waals surface area contributed by atoms with Gasteiger partial charge in [0.25, 0.3) is 0 Å². The molecule has 0 spiro atoms. The molecule has 1 aliphatic rings. The molecule has 3 nitrogen and oxygen atoms in total. The first-order valence-corrected chi connectivity index (χ1v) is 10.8. The number of carbonyl (C=O) groups excluding carboxylic acids is 1. The minimum Gasteiger partial charge on any atom is -0.324 e. The number of para-hydroxylation sites is 1. The standard InChI is InChI=1S/C26H30N2O/c1-19(2)21-12-10-20(11-13-21)17-26(14-6-3-7-15-26)25(29)28-23-16-22-8-4-5-9-24(22)27-18-23/h4-5,8-13,16,18-19H,3,6-7,14-15,17H2,1-2H3,(H,28,29). The Morgan fingerprint density at radius 3 is 2.48 bits per heavy atom. The number of nitrogens with one attached hydrogen (secondary N) is 1. The largest absolute Gasteiger partial charge is 0.324 e. The first-order valence-electron chi connectivity index (χ1n) is 10.8. The molecule has 1 amide bonds. The number of amides is 1. The molecule has 1 N–H and O–H groups in total. The Morgan fingerprint density at radius 2 is 1.76 bits per heavy atom. The fourth-order valence-corrected chi connectivity index (χ4v) is 4.53. The lowest BCUT2D eigenvalue weighted by Gasteiger charge is -2.36. The maximum absolute atomic E-state index is 13.5. The molecule has 4 rings (SSSR count). The smallest absolute Gasteiger partial charge is 0.230 e. The van der Waals surface area contributed by atoms with Crippen molar-refractivity contribution in [2.45, 2.75) is 58.3 Å². The highest BCUT2D eigenvalue weighted by Gasteiger charge is 2.39. The summed E-state index contributed by atoms with van der Waals surface area (Å²) in [4.78, 5) is 18.0. The van der Waals surface area contributed by atoms with E-state index >= 15 is 0 Å². The summed E-state index contributed by atoms with van der Waals surface area (Å²) in [6.07, 6.45) is 7.93. The average molecular weight is 387 g/mol. The minimum atomic E-state index is -0.330. The van der Waals surface area contributed by atoms with Gasteiger partial charge in [-0.25, -0.2) is 0 Å². The first kappa shape index (κ1) is 19.6. The van der Waals surface area contributed by atoms with Gasteiger partial charge in [-0.1, -0.05) is 75.6 Å². The summed E-state index contributed by atoms with van der Waals surface area (Å²) in [6, 6.07) is 18.9. The van der Waals surface area contributed by atoms with Crippen LogP contribution in [-0.2, 0) is 11.2 Å². The van der Waals surface area contributed by atoms with Crippen molar-refractivity contribution in [1.82, 2.24) is 4.98 Å². The quantitative estimate of drug-likeness (QED) is 0.544. The number of aromatic nitrogens is 1. The number of hydrogen-bond acceptors (Lipinski definition) is 2.